The van der Waals surface area contributed by atoms with E-state index in [0.717, 1.165) is 31.8 Å². The van der Waals surface area contributed by atoms with E-state index in [2.05, 4.69) is 55.7 Å². The van der Waals surface area contributed by atoms with Crippen LogP contribution in [-0.2, 0) is 4.74 Å². The van der Waals surface area contributed by atoms with Crippen LogP contribution in [0.1, 0.15) is 59.2 Å². The second kappa shape index (κ2) is 6.60. The molecule has 1 aliphatic heterocycles. The number of ether oxygens (including phenoxy) is 1. The molecule has 2 heterocycles. The zero-order valence-corrected chi connectivity index (χ0v) is 13.8. The molecule has 0 amide bonds. The van der Waals surface area contributed by atoms with Gasteiger partial charge in [-0.15, -0.1) is 0 Å². The number of nitrogens with zero attached hydrogens (tertiary/aromatic N) is 3. The molecule has 2 rings (SSSR count). The van der Waals surface area contributed by atoms with Gasteiger partial charge in [-0.25, -0.2) is 0 Å². The third-order valence-corrected chi connectivity index (χ3v) is 3.51. The summed E-state index contributed by atoms with van der Waals surface area (Å²) >= 11 is 0. The zero-order chi connectivity index (χ0) is 15.5. The number of rotatable bonds is 4. The lowest BCUT2D eigenvalue weighted by molar-refractivity contribution is 0.0146. The third-order valence-electron chi connectivity index (χ3n) is 3.51. The van der Waals surface area contributed by atoms with E-state index < -0.39 is 0 Å². The van der Waals surface area contributed by atoms with Gasteiger partial charge in [-0.2, -0.15) is 4.98 Å². The van der Waals surface area contributed by atoms with E-state index in [0.29, 0.717) is 18.5 Å². The summed E-state index contributed by atoms with van der Waals surface area (Å²) in [5, 5.41) is 4.02. The summed E-state index contributed by atoms with van der Waals surface area (Å²) in [6.07, 6.45) is 4.29. The number of hydrogen-bond acceptors (Lipinski definition) is 5. The number of aromatic nitrogens is 2. The molecule has 1 fully saturated rings. The molecule has 0 aliphatic carbocycles. The largest absolute Gasteiger partial charge is 0.372 e. The molecule has 5 heteroatoms. The van der Waals surface area contributed by atoms with Crippen LogP contribution >= 0.6 is 0 Å². The van der Waals surface area contributed by atoms with E-state index in [4.69, 9.17) is 9.26 Å². The van der Waals surface area contributed by atoms with Crippen molar-refractivity contribution in [2.75, 3.05) is 24.6 Å². The van der Waals surface area contributed by atoms with E-state index in [1.807, 2.05) is 0 Å². The lowest BCUT2D eigenvalue weighted by Crippen LogP contribution is -2.31. The Bertz CT molecular complexity index is 476. The minimum absolute atomic E-state index is 0.0746. The second-order valence-electron chi connectivity index (χ2n) is 6.86. The highest BCUT2D eigenvalue weighted by atomic mass is 16.5. The van der Waals surface area contributed by atoms with Gasteiger partial charge < -0.3 is 14.2 Å². The normalized spacial score (nSPS) is 16.7. The predicted molar refractivity (Wildman–Crippen MR) is 83.6 cm³/mol. The van der Waals surface area contributed by atoms with Crippen molar-refractivity contribution >= 4 is 6.01 Å². The predicted octanol–water partition coefficient (Wildman–Crippen LogP) is 3.53. The van der Waals surface area contributed by atoms with Crippen LogP contribution in [0.2, 0.25) is 0 Å². The van der Waals surface area contributed by atoms with Crippen molar-refractivity contribution < 1.29 is 9.26 Å². The summed E-state index contributed by atoms with van der Waals surface area (Å²) in [6.45, 7) is 12.9. The van der Waals surface area contributed by atoms with Crippen molar-refractivity contribution in [2.24, 2.45) is 0 Å². The molecule has 1 aliphatic rings. The van der Waals surface area contributed by atoms with Gasteiger partial charge in [-0.1, -0.05) is 30.7 Å². The molecule has 118 valence electrons. The van der Waals surface area contributed by atoms with Crippen LogP contribution in [0.15, 0.2) is 16.2 Å². The average Bonchev–Trinajstić information content (AvgIpc) is 2.88. The van der Waals surface area contributed by atoms with E-state index in [1.54, 1.807) is 0 Å². The van der Waals surface area contributed by atoms with Gasteiger partial charge >= 0.3 is 6.01 Å². The van der Waals surface area contributed by atoms with Crippen LogP contribution in [0.25, 0.3) is 0 Å². The first kappa shape index (κ1) is 16.0. The molecule has 5 nitrogen and oxygen atoms in total. The van der Waals surface area contributed by atoms with Crippen molar-refractivity contribution in [1.82, 2.24) is 10.1 Å². The molecule has 0 aromatic carbocycles. The van der Waals surface area contributed by atoms with Crippen molar-refractivity contribution in [3.63, 3.8) is 0 Å². The maximum Gasteiger partial charge on any atom is 0.324 e. The highest BCUT2D eigenvalue weighted by Gasteiger charge is 2.20. The van der Waals surface area contributed by atoms with Crippen LogP contribution in [0.3, 0.4) is 0 Å². The molecule has 1 saturated heterocycles. The summed E-state index contributed by atoms with van der Waals surface area (Å²) < 4.78 is 11.1. The fraction of sp³-hybridized carbons (Fsp3) is 0.750. The van der Waals surface area contributed by atoms with Crippen molar-refractivity contribution in [1.29, 1.82) is 0 Å². The van der Waals surface area contributed by atoms with E-state index >= 15 is 0 Å². The summed E-state index contributed by atoms with van der Waals surface area (Å²) in [5.74, 6) is 1.09. The van der Waals surface area contributed by atoms with Gasteiger partial charge in [-0.3, -0.25) is 0 Å². The maximum atomic E-state index is 5.74. The smallest absolute Gasteiger partial charge is 0.324 e. The molecule has 0 unspecified atom stereocenters. The molecule has 21 heavy (non-hydrogen) atoms. The standard InChI is InChI=1S/C16H27N3O2/c1-12(2)14-17-15(21-18-14)19-9-6-13(7-10-19)8-11-20-16(3,4)5/h8,12H,6-7,9-11H2,1-5H3. The van der Waals surface area contributed by atoms with Crippen LogP contribution < -0.4 is 4.90 Å². The molecule has 1 aromatic rings. The number of hydrogen-bond donors (Lipinski definition) is 0. The lowest BCUT2D eigenvalue weighted by atomic mass is 10.0. The molecular formula is C16H27N3O2. The van der Waals surface area contributed by atoms with Crippen LogP contribution in [0, 0.1) is 0 Å². The summed E-state index contributed by atoms with van der Waals surface area (Å²) in [5.41, 5.74) is 1.38. The van der Waals surface area contributed by atoms with Gasteiger partial charge in [0.05, 0.1) is 12.2 Å². The monoisotopic (exact) mass is 293 g/mol. The first-order chi connectivity index (χ1) is 9.85. The summed E-state index contributed by atoms with van der Waals surface area (Å²) in [7, 11) is 0. The zero-order valence-electron chi connectivity index (χ0n) is 13.8. The van der Waals surface area contributed by atoms with E-state index in [1.165, 1.54) is 5.57 Å². The minimum Gasteiger partial charge on any atom is -0.372 e. The quantitative estimate of drug-likeness (QED) is 0.795. The Morgan fingerprint density at radius 2 is 1.95 bits per heavy atom. The van der Waals surface area contributed by atoms with Gasteiger partial charge in [0, 0.05) is 19.0 Å². The Kier molecular flexibility index (Phi) is 5.04. The Balaban J connectivity index is 1.83. The Morgan fingerprint density at radius 3 is 2.48 bits per heavy atom. The Morgan fingerprint density at radius 1 is 1.29 bits per heavy atom. The third kappa shape index (κ3) is 4.84. The first-order valence-corrected chi connectivity index (χ1v) is 7.75. The van der Waals surface area contributed by atoms with Crippen molar-refractivity contribution in [3.05, 3.63) is 17.5 Å². The Hall–Kier alpha value is -1.36. The number of anilines is 1. The van der Waals surface area contributed by atoms with Gasteiger partial charge in [0.1, 0.15) is 0 Å². The van der Waals surface area contributed by atoms with Crippen LogP contribution in [0.4, 0.5) is 6.01 Å². The maximum absolute atomic E-state index is 5.74. The highest BCUT2D eigenvalue weighted by Crippen LogP contribution is 2.23. The van der Waals surface area contributed by atoms with Gasteiger partial charge in [0.25, 0.3) is 0 Å². The summed E-state index contributed by atoms with van der Waals surface area (Å²) in [4.78, 5) is 6.62. The highest BCUT2D eigenvalue weighted by molar-refractivity contribution is 5.29. The average molecular weight is 293 g/mol. The van der Waals surface area contributed by atoms with Crippen LogP contribution in [-0.4, -0.2) is 35.4 Å². The SMILES string of the molecule is CC(C)c1noc(N2CCC(=CCOC(C)(C)C)CC2)n1. The molecule has 0 N–H and O–H groups in total. The topological polar surface area (TPSA) is 51.4 Å². The van der Waals surface area contributed by atoms with Crippen LogP contribution in [0.5, 0.6) is 0 Å². The van der Waals surface area contributed by atoms with E-state index in [-0.39, 0.29) is 5.60 Å². The molecular weight excluding hydrogens is 266 g/mol. The fourth-order valence-electron chi connectivity index (χ4n) is 2.19. The summed E-state index contributed by atoms with van der Waals surface area (Å²) in [6, 6.07) is 0.656. The first-order valence-electron chi connectivity index (χ1n) is 7.75. The van der Waals surface area contributed by atoms with Gasteiger partial charge in [-0.05, 0) is 33.6 Å². The molecule has 0 radical (unpaired) electrons. The van der Waals surface area contributed by atoms with Crippen molar-refractivity contribution in [3.8, 4) is 0 Å². The lowest BCUT2D eigenvalue weighted by Gasteiger charge is -2.26. The van der Waals surface area contributed by atoms with Gasteiger partial charge in [0.2, 0.25) is 0 Å². The molecule has 0 bridgehead atoms. The Labute approximate surface area is 127 Å². The molecule has 0 spiro atoms. The molecule has 1 aromatic heterocycles. The molecule has 0 saturated carbocycles. The van der Waals surface area contributed by atoms with Gasteiger partial charge in [0.15, 0.2) is 5.82 Å². The number of piperidine rings is 1. The van der Waals surface area contributed by atoms with E-state index in [9.17, 15) is 0 Å². The molecule has 0 atom stereocenters. The fourth-order valence-corrected chi connectivity index (χ4v) is 2.19. The van der Waals surface area contributed by atoms with Crippen molar-refractivity contribution in [2.45, 2.75) is 59.0 Å². The minimum atomic E-state index is -0.0746. The second-order valence-corrected chi connectivity index (χ2v) is 6.86.